The van der Waals surface area contributed by atoms with Crippen LogP contribution in [0.15, 0.2) is 42.0 Å². The van der Waals surface area contributed by atoms with Gasteiger partial charge in [0.05, 0.1) is 0 Å². The summed E-state index contributed by atoms with van der Waals surface area (Å²) in [4.78, 5) is 2.26. The van der Waals surface area contributed by atoms with Crippen molar-refractivity contribution in [2.75, 3.05) is 27.2 Å². The molecule has 0 fully saturated rings. The molecular formula is C21H31Cl2N2Ti. The summed E-state index contributed by atoms with van der Waals surface area (Å²) in [5.41, 5.74) is 5.85. The SMILES string of the molecule is CCCC[N]([Ti+2])C(C)(C)c1ccccc1C1=C(CN(C)C)C=CC1.[Cl-].[Cl-]. The number of allylic oxidation sites excluding steroid dienone is 2. The zero-order chi connectivity index (χ0) is 17.7. The molecule has 0 saturated carbocycles. The van der Waals surface area contributed by atoms with Gasteiger partial charge in [-0.3, -0.25) is 0 Å². The average molecular weight is 430 g/mol. The van der Waals surface area contributed by atoms with Gasteiger partial charge in [-0.1, -0.05) is 0 Å². The molecule has 0 bridgehead atoms. The molecule has 0 unspecified atom stereocenters. The minimum atomic E-state index is 0. The van der Waals surface area contributed by atoms with Crippen LogP contribution in [0.3, 0.4) is 0 Å². The second-order valence-corrected chi connectivity index (χ2v) is 8.30. The van der Waals surface area contributed by atoms with Crippen LogP contribution in [-0.2, 0) is 26.2 Å². The summed E-state index contributed by atoms with van der Waals surface area (Å²) < 4.78 is 2.50. The van der Waals surface area contributed by atoms with Crippen molar-refractivity contribution in [1.82, 2.24) is 8.28 Å². The Morgan fingerprint density at radius 2 is 1.77 bits per heavy atom. The van der Waals surface area contributed by atoms with Gasteiger partial charge >= 0.3 is 160 Å². The van der Waals surface area contributed by atoms with E-state index in [9.17, 15) is 0 Å². The zero-order valence-corrected chi connectivity index (χ0v) is 19.7. The molecule has 0 radical (unpaired) electrons. The van der Waals surface area contributed by atoms with E-state index in [1.807, 2.05) is 0 Å². The van der Waals surface area contributed by atoms with Crippen molar-refractivity contribution in [1.29, 1.82) is 0 Å². The summed E-state index contributed by atoms with van der Waals surface area (Å²) >= 11 is 2.26. The van der Waals surface area contributed by atoms with Crippen LogP contribution in [0.5, 0.6) is 0 Å². The van der Waals surface area contributed by atoms with E-state index in [1.54, 1.807) is 0 Å². The predicted octanol–water partition coefficient (Wildman–Crippen LogP) is -1.23. The first-order valence-corrected chi connectivity index (χ1v) is 9.69. The van der Waals surface area contributed by atoms with E-state index >= 15 is 0 Å². The molecule has 143 valence electrons. The van der Waals surface area contributed by atoms with Gasteiger partial charge in [-0.2, -0.15) is 0 Å². The molecule has 0 heterocycles. The molecule has 0 aromatic heterocycles. The van der Waals surface area contributed by atoms with Gasteiger partial charge in [0.25, 0.3) is 0 Å². The van der Waals surface area contributed by atoms with Crippen LogP contribution in [0.4, 0.5) is 0 Å². The fourth-order valence-corrected chi connectivity index (χ4v) is 3.78. The Labute approximate surface area is 184 Å². The van der Waals surface area contributed by atoms with Crippen LogP contribution >= 0.6 is 0 Å². The molecule has 1 aliphatic rings. The van der Waals surface area contributed by atoms with Crippen molar-refractivity contribution in [3.8, 4) is 0 Å². The summed E-state index contributed by atoms with van der Waals surface area (Å²) in [6.07, 6.45) is 8.15. The Morgan fingerprint density at radius 1 is 1.12 bits per heavy atom. The molecule has 2 nitrogen and oxygen atoms in total. The maximum atomic E-state index is 2.50. The van der Waals surface area contributed by atoms with Crippen LogP contribution in [0.25, 0.3) is 5.57 Å². The van der Waals surface area contributed by atoms with E-state index in [0.717, 1.165) is 19.5 Å². The third kappa shape index (κ3) is 6.22. The molecule has 26 heavy (non-hydrogen) atoms. The van der Waals surface area contributed by atoms with Gasteiger partial charge in [-0.15, -0.1) is 0 Å². The first-order valence-electron chi connectivity index (χ1n) is 9.00. The van der Waals surface area contributed by atoms with Gasteiger partial charge in [0.2, 0.25) is 0 Å². The quantitative estimate of drug-likeness (QED) is 0.477. The third-order valence-corrected chi connectivity index (χ3v) is 6.06. The predicted molar refractivity (Wildman–Crippen MR) is 100 cm³/mol. The van der Waals surface area contributed by atoms with Crippen LogP contribution in [0.2, 0.25) is 0 Å². The van der Waals surface area contributed by atoms with Gasteiger partial charge in [-0.25, -0.2) is 0 Å². The molecular weight excluding hydrogens is 399 g/mol. The van der Waals surface area contributed by atoms with Crippen LogP contribution in [0.1, 0.15) is 51.2 Å². The topological polar surface area (TPSA) is 6.48 Å². The second kappa shape index (κ2) is 11.7. The Morgan fingerprint density at radius 3 is 2.38 bits per heavy atom. The van der Waals surface area contributed by atoms with Gasteiger partial charge in [0.15, 0.2) is 0 Å². The summed E-state index contributed by atoms with van der Waals surface area (Å²) in [6, 6.07) is 8.99. The Kier molecular flexibility index (Phi) is 11.6. The first kappa shape index (κ1) is 25.9. The molecule has 2 rings (SSSR count). The van der Waals surface area contributed by atoms with Crippen molar-refractivity contribution < 1.29 is 45.5 Å². The van der Waals surface area contributed by atoms with E-state index in [2.05, 4.69) is 100 Å². The molecule has 1 aliphatic carbocycles. The minimum absolute atomic E-state index is 0. The largest absolute Gasteiger partial charge is 1.00 e. The number of nitrogens with zero attached hydrogens (tertiary/aromatic N) is 2. The van der Waals surface area contributed by atoms with E-state index in [4.69, 9.17) is 0 Å². The van der Waals surface area contributed by atoms with Crippen molar-refractivity contribution >= 4 is 5.57 Å². The zero-order valence-electron chi connectivity index (χ0n) is 16.6. The third-order valence-electron chi connectivity index (χ3n) is 4.84. The van der Waals surface area contributed by atoms with Crippen molar-refractivity contribution in [3.63, 3.8) is 0 Å². The van der Waals surface area contributed by atoms with E-state index < -0.39 is 0 Å². The molecule has 0 spiro atoms. The molecule has 0 N–H and O–H groups in total. The summed E-state index contributed by atoms with van der Waals surface area (Å²) in [7, 11) is 4.29. The minimum Gasteiger partial charge on any atom is -1.00 e. The number of unbranched alkanes of at least 4 members (excludes halogenated alkanes) is 1. The van der Waals surface area contributed by atoms with Crippen molar-refractivity contribution in [2.45, 2.75) is 45.6 Å². The monoisotopic (exact) mass is 429 g/mol. The normalized spacial score (nSPS) is 14.0. The number of benzene rings is 1. The molecule has 0 saturated heterocycles. The van der Waals surface area contributed by atoms with Crippen LogP contribution < -0.4 is 24.8 Å². The second-order valence-electron chi connectivity index (χ2n) is 7.46. The fraction of sp³-hybridized carbons (Fsp3) is 0.524. The molecule has 1 aromatic carbocycles. The Bertz CT molecular complexity index is 624. The van der Waals surface area contributed by atoms with Gasteiger partial charge in [-0.05, 0) is 0 Å². The Hall–Kier alpha value is -0.0857. The van der Waals surface area contributed by atoms with E-state index in [0.29, 0.717) is 0 Å². The molecule has 0 atom stereocenters. The standard InChI is InChI=1S/C21H31N2.2ClH.Ti/c1-6-7-15-22-21(2,3)20-14-9-8-12-19(20)18-13-10-11-17(18)16-23(4)5;;;/h8-12,14H,6-7,13,15-16H2,1-5H3;2*1H;/q-1;;;+3/p-2. The molecule has 5 heteroatoms. The van der Waals surface area contributed by atoms with Crippen LogP contribution in [-0.4, -0.2) is 35.5 Å². The first-order chi connectivity index (χ1) is 11.4. The average Bonchev–Trinajstić information content (AvgIpc) is 2.99. The van der Waals surface area contributed by atoms with Gasteiger partial charge in [0.1, 0.15) is 0 Å². The smallest absolute Gasteiger partial charge is 1.00 e. The Balaban J connectivity index is 0.00000312. The fourth-order valence-electron chi connectivity index (χ4n) is 3.34. The van der Waals surface area contributed by atoms with Gasteiger partial charge < -0.3 is 24.8 Å². The molecule has 1 aromatic rings. The summed E-state index contributed by atoms with van der Waals surface area (Å²) in [5.74, 6) is 0. The maximum absolute atomic E-state index is 2.50. The maximum Gasteiger partial charge on any atom is -1.00 e. The molecule has 0 amide bonds. The molecule has 0 aliphatic heterocycles. The number of rotatable bonds is 8. The van der Waals surface area contributed by atoms with Crippen LogP contribution in [0, 0.1) is 0 Å². The summed E-state index contributed by atoms with van der Waals surface area (Å²) in [5, 5.41) is 0. The van der Waals surface area contributed by atoms with Crippen molar-refractivity contribution in [2.24, 2.45) is 0 Å². The number of hydrogen-bond donors (Lipinski definition) is 0. The number of halogens is 2. The van der Waals surface area contributed by atoms with Crippen molar-refractivity contribution in [3.05, 3.63) is 53.1 Å². The number of hydrogen-bond acceptors (Lipinski definition) is 2. The van der Waals surface area contributed by atoms with Gasteiger partial charge in [0, 0.05) is 0 Å². The number of likely N-dealkylation sites (N-methyl/N-ethyl adjacent to an activating group) is 1. The van der Waals surface area contributed by atoms with E-state index in [-0.39, 0.29) is 30.4 Å². The van der Waals surface area contributed by atoms with E-state index in [1.165, 1.54) is 35.1 Å². The summed E-state index contributed by atoms with van der Waals surface area (Å²) in [6.45, 7) is 9.12.